The second kappa shape index (κ2) is 6.05. The number of halogens is 1. The number of carbonyl (C=O) groups is 1. The van der Waals surface area contributed by atoms with Crippen LogP contribution in [0.1, 0.15) is 30.6 Å². The third-order valence-corrected chi connectivity index (χ3v) is 3.02. The van der Waals surface area contributed by atoms with Crippen LogP contribution in [0.4, 0.5) is 0 Å². The molecule has 2 N–H and O–H groups in total. The van der Waals surface area contributed by atoms with Crippen molar-refractivity contribution in [2.24, 2.45) is 5.41 Å². The van der Waals surface area contributed by atoms with E-state index < -0.39 is 0 Å². The van der Waals surface area contributed by atoms with Gasteiger partial charge in [-0.25, -0.2) is 0 Å². The van der Waals surface area contributed by atoms with Gasteiger partial charge in [-0.1, -0.05) is 29.8 Å². The monoisotopic (exact) mass is 299 g/mol. The number of alkyl halides is 1. The van der Waals surface area contributed by atoms with Crippen molar-refractivity contribution in [3.05, 3.63) is 29.8 Å². The molecule has 0 saturated carbocycles. The first kappa shape index (κ1) is 14.0. The Balaban J connectivity index is 2.53. The van der Waals surface area contributed by atoms with Crippen LogP contribution in [0.15, 0.2) is 24.3 Å². The van der Waals surface area contributed by atoms with Gasteiger partial charge in [0.1, 0.15) is 5.75 Å². The highest BCUT2D eigenvalue weighted by Gasteiger charge is 2.18. The van der Waals surface area contributed by atoms with Gasteiger partial charge in [0.2, 0.25) is 0 Å². The Morgan fingerprint density at radius 1 is 1.35 bits per heavy atom. The van der Waals surface area contributed by atoms with Gasteiger partial charge in [-0.2, -0.15) is 0 Å². The van der Waals surface area contributed by atoms with E-state index in [2.05, 4.69) is 35.1 Å². The lowest BCUT2D eigenvalue weighted by molar-refractivity contribution is 0.0936. The van der Waals surface area contributed by atoms with Crippen molar-refractivity contribution in [1.29, 1.82) is 0 Å². The maximum absolute atomic E-state index is 11.8. The zero-order chi connectivity index (χ0) is 12.9. The molecule has 0 aromatic heterocycles. The van der Waals surface area contributed by atoms with E-state index in [0.29, 0.717) is 12.1 Å². The van der Waals surface area contributed by atoms with Crippen molar-refractivity contribution in [2.75, 3.05) is 11.9 Å². The molecule has 0 unspecified atom stereocenters. The van der Waals surface area contributed by atoms with Gasteiger partial charge in [0.15, 0.2) is 0 Å². The summed E-state index contributed by atoms with van der Waals surface area (Å²) in [5.41, 5.74) is 0.647. The van der Waals surface area contributed by atoms with Gasteiger partial charge in [0, 0.05) is 17.4 Å². The quantitative estimate of drug-likeness (QED) is 0.821. The molecule has 0 atom stereocenters. The molecule has 0 spiro atoms. The van der Waals surface area contributed by atoms with E-state index in [1.54, 1.807) is 12.1 Å². The third-order valence-electron chi connectivity index (χ3n) is 2.63. The Kier molecular flexibility index (Phi) is 5.00. The van der Waals surface area contributed by atoms with Gasteiger partial charge in [-0.3, -0.25) is 4.79 Å². The standard InChI is InChI=1S/C13H18BrNO2/c1-13(2,7-8-14)9-15-12(17)10-3-5-11(16)6-4-10/h3-6,16H,7-9H2,1-2H3,(H,15,17). The van der Waals surface area contributed by atoms with E-state index in [-0.39, 0.29) is 17.1 Å². The van der Waals surface area contributed by atoms with E-state index in [1.165, 1.54) is 12.1 Å². The summed E-state index contributed by atoms with van der Waals surface area (Å²) in [6, 6.07) is 6.25. The molecule has 0 heterocycles. The molecular weight excluding hydrogens is 282 g/mol. The summed E-state index contributed by atoms with van der Waals surface area (Å²) in [4.78, 5) is 11.8. The van der Waals surface area contributed by atoms with Crippen LogP contribution in [-0.2, 0) is 0 Å². The van der Waals surface area contributed by atoms with Crippen LogP contribution in [0.25, 0.3) is 0 Å². The molecule has 4 heteroatoms. The highest BCUT2D eigenvalue weighted by atomic mass is 79.9. The fourth-order valence-corrected chi connectivity index (χ4v) is 2.45. The molecule has 94 valence electrons. The first-order valence-electron chi connectivity index (χ1n) is 5.58. The Hall–Kier alpha value is -1.03. The van der Waals surface area contributed by atoms with Crippen molar-refractivity contribution in [3.8, 4) is 5.75 Å². The largest absolute Gasteiger partial charge is 0.508 e. The number of carbonyl (C=O) groups excluding carboxylic acids is 1. The average Bonchev–Trinajstić information content (AvgIpc) is 2.27. The number of nitrogens with one attached hydrogen (secondary N) is 1. The molecule has 0 aliphatic carbocycles. The van der Waals surface area contributed by atoms with E-state index in [4.69, 9.17) is 5.11 Å². The summed E-state index contributed by atoms with van der Waals surface area (Å²) < 4.78 is 0. The van der Waals surface area contributed by atoms with Gasteiger partial charge in [-0.15, -0.1) is 0 Å². The molecule has 0 aliphatic rings. The Bertz CT molecular complexity index is 374. The minimum absolute atomic E-state index is 0.0794. The molecule has 0 aliphatic heterocycles. The maximum atomic E-state index is 11.8. The minimum atomic E-state index is -0.104. The highest BCUT2D eigenvalue weighted by molar-refractivity contribution is 9.09. The average molecular weight is 300 g/mol. The van der Waals surface area contributed by atoms with Crippen LogP contribution in [0.2, 0.25) is 0 Å². The lowest BCUT2D eigenvalue weighted by Gasteiger charge is -2.23. The number of hydrogen-bond donors (Lipinski definition) is 2. The van der Waals surface area contributed by atoms with Gasteiger partial charge in [0.05, 0.1) is 0 Å². The van der Waals surface area contributed by atoms with E-state index in [9.17, 15) is 4.79 Å². The molecule has 1 aromatic rings. The number of phenolic OH excluding ortho intramolecular Hbond substituents is 1. The number of amides is 1. The maximum Gasteiger partial charge on any atom is 0.251 e. The van der Waals surface area contributed by atoms with Crippen LogP contribution in [-0.4, -0.2) is 22.9 Å². The van der Waals surface area contributed by atoms with Crippen molar-refractivity contribution in [3.63, 3.8) is 0 Å². The predicted octanol–water partition coefficient (Wildman–Crippen LogP) is 2.93. The second-order valence-corrected chi connectivity index (χ2v) is 5.63. The SMILES string of the molecule is CC(C)(CCBr)CNC(=O)c1ccc(O)cc1. The topological polar surface area (TPSA) is 49.3 Å². The highest BCUT2D eigenvalue weighted by Crippen LogP contribution is 2.20. The number of phenols is 1. The minimum Gasteiger partial charge on any atom is -0.508 e. The van der Waals surface area contributed by atoms with Crippen molar-refractivity contribution in [2.45, 2.75) is 20.3 Å². The zero-order valence-corrected chi connectivity index (χ0v) is 11.8. The normalized spacial score (nSPS) is 11.2. The Labute approximate surface area is 110 Å². The van der Waals surface area contributed by atoms with Crippen molar-refractivity contribution in [1.82, 2.24) is 5.32 Å². The molecule has 1 rings (SSSR count). The van der Waals surface area contributed by atoms with Gasteiger partial charge >= 0.3 is 0 Å². The summed E-state index contributed by atoms with van der Waals surface area (Å²) in [6.45, 7) is 4.87. The molecule has 0 bridgehead atoms. The Morgan fingerprint density at radius 3 is 2.47 bits per heavy atom. The smallest absolute Gasteiger partial charge is 0.251 e. The van der Waals surface area contributed by atoms with Crippen LogP contribution in [0.3, 0.4) is 0 Å². The van der Waals surface area contributed by atoms with Crippen LogP contribution >= 0.6 is 15.9 Å². The molecular formula is C13H18BrNO2. The molecule has 0 radical (unpaired) electrons. The summed E-state index contributed by atoms with van der Waals surface area (Å²) in [7, 11) is 0. The fraction of sp³-hybridized carbons (Fsp3) is 0.462. The van der Waals surface area contributed by atoms with E-state index in [1.807, 2.05) is 0 Å². The molecule has 0 fully saturated rings. The number of rotatable bonds is 5. The zero-order valence-electron chi connectivity index (χ0n) is 10.2. The Morgan fingerprint density at radius 2 is 1.94 bits per heavy atom. The van der Waals surface area contributed by atoms with E-state index in [0.717, 1.165) is 11.8 Å². The van der Waals surface area contributed by atoms with Gasteiger partial charge < -0.3 is 10.4 Å². The van der Waals surface area contributed by atoms with Crippen molar-refractivity contribution >= 4 is 21.8 Å². The second-order valence-electron chi connectivity index (χ2n) is 4.83. The van der Waals surface area contributed by atoms with Crippen LogP contribution in [0, 0.1) is 5.41 Å². The first-order chi connectivity index (χ1) is 7.94. The van der Waals surface area contributed by atoms with Crippen LogP contribution < -0.4 is 5.32 Å². The van der Waals surface area contributed by atoms with E-state index >= 15 is 0 Å². The number of hydrogen-bond acceptors (Lipinski definition) is 2. The fourth-order valence-electron chi connectivity index (χ4n) is 1.38. The lowest BCUT2D eigenvalue weighted by atomic mass is 9.90. The van der Waals surface area contributed by atoms with Gasteiger partial charge in [-0.05, 0) is 36.1 Å². The summed E-state index contributed by atoms with van der Waals surface area (Å²) >= 11 is 3.40. The molecule has 3 nitrogen and oxygen atoms in total. The van der Waals surface area contributed by atoms with Crippen molar-refractivity contribution < 1.29 is 9.90 Å². The summed E-state index contributed by atoms with van der Waals surface area (Å²) in [6.07, 6.45) is 1.00. The molecule has 17 heavy (non-hydrogen) atoms. The number of benzene rings is 1. The van der Waals surface area contributed by atoms with Crippen LogP contribution in [0.5, 0.6) is 5.75 Å². The lowest BCUT2D eigenvalue weighted by Crippen LogP contribution is -2.34. The summed E-state index contributed by atoms with van der Waals surface area (Å²) in [5, 5.41) is 13.0. The van der Waals surface area contributed by atoms with Gasteiger partial charge in [0.25, 0.3) is 5.91 Å². The third kappa shape index (κ3) is 4.77. The number of aromatic hydroxyl groups is 1. The summed E-state index contributed by atoms with van der Waals surface area (Å²) in [5.74, 6) is 0.0637. The predicted molar refractivity (Wildman–Crippen MR) is 72.6 cm³/mol. The molecule has 1 aromatic carbocycles. The molecule has 0 saturated heterocycles. The first-order valence-corrected chi connectivity index (χ1v) is 6.70. The molecule has 1 amide bonds.